The van der Waals surface area contributed by atoms with Crippen LogP contribution in [-0.2, 0) is 0 Å². The van der Waals surface area contributed by atoms with E-state index < -0.39 is 11.8 Å². The molecule has 22 heavy (non-hydrogen) atoms. The average Bonchev–Trinajstić information content (AvgIpc) is 2.97. The van der Waals surface area contributed by atoms with Crippen molar-refractivity contribution in [1.29, 1.82) is 0 Å². The fraction of sp³-hybridized carbons (Fsp3) is 0.231. The maximum absolute atomic E-state index is 12.1. The molecule has 1 aromatic heterocycles. The summed E-state index contributed by atoms with van der Waals surface area (Å²) in [7, 11) is 2.97. The van der Waals surface area contributed by atoms with Crippen LogP contribution in [-0.4, -0.2) is 35.6 Å². The number of hydrogen-bond acceptors (Lipinski definition) is 7. The fourth-order valence-corrected chi connectivity index (χ4v) is 2.17. The lowest BCUT2D eigenvalue weighted by Crippen LogP contribution is -2.41. The van der Waals surface area contributed by atoms with Gasteiger partial charge in [-0.2, -0.15) is 0 Å². The van der Waals surface area contributed by atoms with E-state index >= 15 is 0 Å². The van der Waals surface area contributed by atoms with Crippen LogP contribution in [0.5, 0.6) is 11.5 Å². The fourth-order valence-electron chi connectivity index (χ4n) is 1.62. The van der Waals surface area contributed by atoms with Crippen molar-refractivity contribution in [1.82, 2.24) is 20.4 Å². The summed E-state index contributed by atoms with van der Waals surface area (Å²) < 4.78 is 13.8. The molecule has 0 radical (unpaired) electrons. The molecule has 8 nitrogen and oxygen atoms in total. The zero-order valence-electron chi connectivity index (χ0n) is 12.2. The standard InChI is InChI=1S/C13H14N4O4S/c1-7-11(22-17-14-7)13(19)16-15-12(18)8-4-9(20-2)6-10(5-8)21-3/h4-6H,1-3H3,(H,15,18)(H,16,19). The first-order valence-corrected chi connectivity index (χ1v) is 6.95. The predicted molar refractivity (Wildman–Crippen MR) is 79.1 cm³/mol. The number of carbonyl (C=O) groups is 2. The van der Waals surface area contributed by atoms with E-state index in [0.717, 1.165) is 11.5 Å². The lowest BCUT2D eigenvalue weighted by molar-refractivity contribution is 0.0848. The van der Waals surface area contributed by atoms with Crippen LogP contribution in [0, 0.1) is 6.92 Å². The number of rotatable bonds is 4. The van der Waals surface area contributed by atoms with Gasteiger partial charge in [0.05, 0.1) is 19.9 Å². The maximum Gasteiger partial charge on any atom is 0.283 e. The Balaban J connectivity index is 2.06. The highest BCUT2D eigenvalue weighted by atomic mass is 32.1. The number of ether oxygens (including phenoxy) is 2. The van der Waals surface area contributed by atoms with Gasteiger partial charge in [-0.1, -0.05) is 4.49 Å². The molecular weight excluding hydrogens is 308 g/mol. The molecule has 1 heterocycles. The lowest BCUT2D eigenvalue weighted by atomic mass is 10.2. The molecule has 116 valence electrons. The highest BCUT2D eigenvalue weighted by molar-refractivity contribution is 7.07. The number of nitrogens with one attached hydrogen (secondary N) is 2. The van der Waals surface area contributed by atoms with Crippen LogP contribution >= 0.6 is 11.5 Å². The SMILES string of the molecule is COc1cc(OC)cc(C(=O)NNC(=O)c2snnc2C)c1. The molecule has 0 aliphatic heterocycles. The Hall–Kier alpha value is -2.68. The van der Waals surface area contributed by atoms with Gasteiger partial charge in [0.25, 0.3) is 11.8 Å². The minimum absolute atomic E-state index is 0.288. The van der Waals surface area contributed by atoms with Gasteiger partial charge >= 0.3 is 0 Å². The third kappa shape index (κ3) is 3.50. The Kier molecular flexibility index (Phi) is 4.89. The second-order valence-electron chi connectivity index (χ2n) is 4.20. The van der Waals surface area contributed by atoms with E-state index in [1.54, 1.807) is 13.0 Å². The third-order valence-electron chi connectivity index (χ3n) is 2.76. The molecule has 2 amide bonds. The topological polar surface area (TPSA) is 102 Å². The number of hydrogen-bond donors (Lipinski definition) is 2. The smallest absolute Gasteiger partial charge is 0.283 e. The van der Waals surface area contributed by atoms with Crippen LogP contribution in [0.2, 0.25) is 0 Å². The average molecular weight is 322 g/mol. The first-order chi connectivity index (χ1) is 10.5. The maximum atomic E-state index is 12.1. The van der Waals surface area contributed by atoms with Crippen LogP contribution in [0.15, 0.2) is 18.2 Å². The van der Waals surface area contributed by atoms with Gasteiger partial charge in [-0.05, 0) is 30.6 Å². The van der Waals surface area contributed by atoms with Gasteiger partial charge in [0.15, 0.2) is 0 Å². The van der Waals surface area contributed by atoms with Gasteiger partial charge in [0.1, 0.15) is 16.4 Å². The molecular formula is C13H14N4O4S. The van der Waals surface area contributed by atoms with Crippen LogP contribution in [0.4, 0.5) is 0 Å². The Bertz CT molecular complexity index is 679. The number of methoxy groups -OCH3 is 2. The molecule has 0 fully saturated rings. The zero-order chi connectivity index (χ0) is 16.1. The van der Waals surface area contributed by atoms with Crippen molar-refractivity contribution in [2.45, 2.75) is 6.92 Å². The third-order valence-corrected chi connectivity index (χ3v) is 3.59. The van der Waals surface area contributed by atoms with Gasteiger partial charge < -0.3 is 9.47 Å². The second kappa shape index (κ2) is 6.85. The van der Waals surface area contributed by atoms with Crippen molar-refractivity contribution in [3.05, 3.63) is 34.3 Å². The molecule has 0 atom stereocenters. The summed E-state index contributed by atoms with van der Waals surface area (Å²) in [5.74, 6) is -0.0342. The van der Waals surface area contributed by atoms with Crippen molar-refractivity contribution in [3.63, 3.8) is 0 Å². The second-order valence-corrected chi connectivity index (χ2v) is 4.95. The van der Waals surface area contributed by atoms with Gasteiger partial charge in [-0.3, -0.25) is 20.4 Å². The van der Waals surface area contributed by atoms with Gasteiger partial charge in [0.2, 0.25) is 0 Å². The molecule has 2 rings (SSSR count). The van der Waals surface area contributed by atoms with Crippen molar-refractivity contribution in [3.8, 4) is 11.5 Å². The number of aromatic nitrogens is 2. The predicted octanol–water partition coefficient (Wildman–Crippen LogP) is 0.939. The molecule has 0 saturated heterocycles. The molecule has 9 heteroatoms. The van der Waals surface area contributed by atoms with E-state index in [-0.39, 0.29) is 5.56 Å². The summed E-state index contributed by atoms with van der Waals surface area (Å²) in [6.07, 6.45) is 0. The van der Waals surface area contributed by atoms with E-state index in [1.807, 2.05) is 0 Å². The summed E-state index contributed by atoms with van der Waals surface area (Å²) in [4.78, 5) is 24.3. The van der Waals surface area contributed by atoms with Crippen LogP contribution in [0.1, 0.15) is 25.7 Å². The Morgan fingerprint density at radius 1 is 1.05 bits per heavy atom. The number of nitrogens with zero attached hydrogens (tertiary/aromatic N) is 2. The monoisotopic (exact) mass is 322 g/mol. The summed E-state index contributed by atoms with van der Waals surface area (Å²) in [5.41, 5.74) is 5.42. The minimum atomic E-state index is -0.499. The first kappa shape index (κ1) is 15.7. The van der Waals surface area contributed by atoms with Crippen molar-refractivity contribution >= 4 is 23.3 Å². The van der Waals surface area contributed by atoms with Crippen molar-refractivity contribution in [2.75, 3.05) is 14.2 Å². The van der Waals surface area contributed by atoms with E-state index in [1.165, 1.54) is 26.4 Å². The highest BCUT2D eigenvalue weighted by Crippen LogP contribution is 2.22. The normalized spacial score (nSPS) is 9.95. The lowest BCUT2D eigenvalue weighted by Gasteiger charge is -2.09. The molecule has 0 aliphatic rings. The van der Waals surface area contributed by atoms with E-state index in [0.29, 0.717) is 22.1 Å². The first-order valence-electron chi connectivity index (χ1n) is 6.18. The molecule has 0 bridgehead atoms. The Morgan fingerprint density at radius 2 is 1.64 bits per heavy atom. The molecule has 0 spiro atoms. The summed E-state index contributed by atoms with van der Waals surface area (Å²) in [6, 6.07) is 4.70. The quantitative estimate of drug-likeness (QED) is 0.812. The number of amides is 2. The highest BCUT2D eigenvalue weighted by Gasteiger charge is 2.15. The number of carbonyl (C=O) groups excluding carboxylic acids is 2. The van der Waals surface area contributed by atoms with Crippen molar-refractivity contribution < 1.29 is 19.1 Å². The van der Waals surface area contributed by atoms with E-state index in [9.17, 15) is 9.59 Å². The number of hydrazine groups is 1. The van der Waals surface area contributed by atoms with Crippen LogP contribution < -0.4 is 20.3 Å². The molecule has 2 aromatic rings. The van der Waals surface area contributed by atoms with E-state index in [4.69, 9.17) is 9.47 Å². The number of aryl methyl sites for hydroxylation is 1. The van der Waals surface area contributed by atoms with Crippen molar-refractivity contribution in [2.24, 2.45) is 0 Å². The minimum Gasteiger partial charge on any atom is -0.497 e. The van der Waals surface area contributed by atoms with Gasteiger partial charge in [-0.15, -0.1) is 5.10 Å². The number of benzene rings is 1. The van der Waals surface area contributed by atoms with Crippen LogP contribution in [0.25, 0.3) is 0 Å². The molecule has 1 aromatic carbocycles. The molecule has 2 N–H and O–H groups in total. The molecule has 0 saturated carbocycles. The van der Waals surface area contributed by atoms with E-state index in [2.05, 4.69) is 20.4 Å². The summed E-state index contributed by atoms with van der Waals surface area (Å²) in [5, 5.41) is 3.73. The molecule has 0 aliphatic carbocycles. The van der Waals surface area contributed by atoms with Gasteiger partial charge in [0, 0.05) is 11.6 Å². The van der Waals surface area contributed by atoms with Gasteiger partial charge in [-0.25, -0.2) is 0 Å². The summed E-state index contributed by atoms with van der Waals surface area (Å²) in [6.45, 7) is 1.66. The molecule has 0 unspecified atom stereocenters. The van der Waals surface area contributed by atoms with Crippen LogP contribution in [0.3, 0.4) is 0 Å². The Morgan fingerprint density at radius 3 is 2.14 bits per heavy atom. The Labute approximate surface area is 130 Å². The largest absolute Gasteiger partial charge is 0.497 e. The zero-order valence-corrected chi connectivity index (χ0v) is 13.0. The summed E-state index contributed by atoms with van der Waals surface area (Å²) >= 11 is 0.953.